The Labute approximate surface area is 250 Å². The van der Waals surface area contributed by atoms with Crippen molar-refractivity contribution < 1.29 is 15.2 Å². The van der Waals surface area contributed by atoms with Gasteiger partial charge in [0.1, 0.15) is 5.82 Å². The van der Waals surface area contributed by atoms with Gasteiger partial charge in [0, 0.05) is 74.6 Å². The topological polar surface area (TPSA) is 120 Å². The van der Waals surface area contributed by atoms with Crippen LogP contribution in [0.1, 0.15) is 48.7 Å². The monoisotopic (exact) mass is 582 g/mol. The van der Waals surface area contributed by atoms with E-state index in [0.717, 1.165) is 65.9 Å². The summed E-state index contributed by atoms with van der Waals surface area (Å²) in [5, 5.41) is 23.7. The average molecular weight is 583 g/mol. The van der Waals surface area contributed by atoms with E-state index in [4.69, 9.17) is 4.98 Å². The van der Waals surface area contributed by atoms with E-state index in [1.807, 2.05) is 41.0 Å². The zero-order valence-corrected chi connectivity index (χ0v) is 24.4. The Morgan fingerprint density at radius 1 is 1.09 bits per heavy atom. The summed E-state index contributed by atoms with van der Waals surface area (Å²) < 4.78 is 4.06. The minimum atomic E-state index is -0.964. The number of carbonyl (C=O) groups is 1. The Kier molecular flexibility index (Phi) is 7.28. The van der Waals surface area contributed by atoms with Crippen LogP contribution in [0.5, 0.6) is 0 Å². The largest absolute Gasteiger partial charge is 0.595 e. The van der Waals surface area contributed by atoms with E-state index in [2.05, 4.69) is 27.9 Å². The summed E-state index contributed by atoms with van der Waals surface area (Å²) >= 11 is 0. The van der Waals surface area contributed by atoms with Gasteiger partial charge in [-0.2, -0.15) is 5.23 Å². The zero-order valence-electron chi connectivity index (χ0n) is 24.4. The number of nitrogens with zero attached hydrogens (tertiary/aromatic N) is 4. The molecule has 0 aliphatic carbocycles. The molecular weight excluding hydrogens is 544 g/mol. The lowest BCUT2D eigenvalue weighted by Crippen LogP contribution is -2.99. The highest BCUT2D eigenvalue weighted by Crippen LogP contribution is 2.47. The summed E-state index contributed by atoms with van der Waals surface area (Å²) in [4.78, 5) is 33.7. The first-order chi connectivity index (χ1) is 20.9. The van der Waals surface area contributed by atoms with E-state index in [1.54, 1.807) is 18.2 Å². The van der Waals surface area contributed by atoms with Crippen molar-refractivity contribution in [3.05, 3.63) is 93.3 Å². The van der Waals surface area contributed by atoms with Crippen LogP contribution in [0.3, 0.4) is 0 Å². The highest BCUT2D eigenvalue weighted by molar-refractivity contribution is 5.82. The molecule has 0 saturated carbocycles. The first-order valence-electron chi connectivity index (χ1n) is 15.4. The van der Waals surface area contributed by atoms with Crippen LogP contribution in [-0.2, 0) is 31.2 Å². The number of hydrogen-bond acceptors (Lipinski definition) is 6. The van der Waals surface area contributed by atoms with Crippen molar-refractivity contribution in [2.45, 2.75) is 57.0 Å². The van der Waals surface area contributed by atoms with Crippen molar-refractivity contribution in [2.75, 3.05) is 18.0 Å². The van der Waals surface area contributed by atoms with Crippen molar-refractivity contribution in [3.63, 3.8) is 0 Å². The van der Waals surface area contributed by atoms with E-state index >= 15 is 0 Å². The lowest BCUT2D eigenvalue weighted by molar-refractivity contribution is -0.991. The maximum absolute atomic E-state index is 13.8. The average Bonchev–Trinajstić information content (AvgIpc) is 3.33. The summed E-state index contributed by atoms with van der Waals surface area (Å²) in [7, 11) is 2.06. The van der Waals surface area contributed by atoms with Gasteiger partial charge in [-0.1, -0.05) is 24.6 Å². The Morgan fingerprint density at radius 3 is 2.79 bits per heavy atom. The molecule has 3 unspecified atom stereocenters. The highest BCUT2D eigenvalue weighted by Gasteiger charge is 2.49. The molecule has 2 bridgehead atoms. The van der Waals surface area contributed by atoms with Gasteiger partial charge in [-0.25, -0.2) is 10.2 Å². The molecule has 7 rings (SSSR count). The Bertz CT molecular complexity index is 1730. The summed E-state index contributed by atoms with van der Waals surface area (Å²) in [5.41, 5.74) is 5.39. The second kappa shape index (κ2) is 11.3. The molecule has 5 atom stereocenters. The van der Waals surface area contributed by atoms with E-state index in [1.165, 1.54) is 0 Å². The van der Waals surface area contributed by atoms with Gasteiger partial charge in [-0.15, -0.1) is 0 Å². The van der Waals surface area contributed by atoms with Crippen molar-refractivity contribution in [1.82, 2.24) is 19.4 Å². The molecule has 2 aromatic carbocycles. The van der Waals surface area contributed by atoms with Crippen molar-refractivity contribution >= 4 is 28.3 Å². The van der Waals surface area contributed by atoms with Crippen LogP contribution in [0, 0.1) is 17.0 Å². The third-order valence-electron chi connectivity index (χ3n) is 9.85. The SMILES string of the molecule is Cn1c(CCCCCNC(=O)[C@@H]2Cc3cc([NH+]([O-])O)ccc3N3CC4CC(Cn5c4cccc5=O)[C@@H]23)nc2ccccc21. The normalized spacial score (nSPS) is 22.9. The molecule has 5 heterocycles. The van der Waals surface area contributed by atoms with Gasteiger partial charge in [0.15, 0.2) is 5.69 Å². The number of amides is 1. The maximum atomic E-state index is 13.8. The molecule has 4 aromatic rings. The zero-order chi connectivity index (χ0) is 29.7. The predicted molar refractivity (Wildman–Crippen MR) is 163 cm³/mol. The first kappa shape index (κ1) is 27.8. The number of imidazole rings is 1. The van der Waals surface area contributed by atoms with Gasteiger partial charge >= 0.3 is 0 Å². The third-order valence-corrected chi connectivity index (χ3v) is 9.85. The number of hydrogen-bond donors (Lipinski definition) is 3. The molecule has 10 nitrogen and oxygen atoms in total. The van der Waals surface area contributed by atoms with Gasteiger partial charge in [-0.05, 0) is 61.4 Å². The fourth-order valence-electron chi connectivity index (χ4n) is 7.83. The molecule has 2 aromatic heterocycles. The number of unbranched alkanes of at least 4 members (excludes halogenated alkanes) is 2. The highest BCUT2D eigenvalue weighted by atomic mass is 16.8. The fourth-order valence-corrected chi connectivity index (χ4v) is 7.83. The number of piperidine rings is 1. The van der Waals surface area contributed by atoms with Crippen LogP contribution in [0.2, 0.25) is 0 Å². The van der Waals surface area contributed by atoms with Crippen molar-refractivity contribution in [2.24, 2.45) is 18.9 Å². The summed E-state index contributed by atoms with van der Waals surface area (Å²) in [5.74, 6) is 1.12. The number of quaternary nitrogens is 1. The van der Waals surface area contributed by atoms with Crippen molar-refractivity contribution in [3.8, 4) is 0 Å². The molecule has 224 valence electrons. The molecule has 1 saturated heterocycles. The Balaban J connectivity index is 1.05. The van der Waals surface area contributed by atoms with Crippen LogP contribution in [-0.4, -0.2) is 44.4 Å². The Morgan fingerprint density at radius 2 is 1.95 bits per heavy atom. The minimum Gasteiger partial charge on any atom is -0.595 e. The predicted octanol–water partition coefficient (Wildman–Crippen LogP) is 2.83. The minimum absolute atomic E-state index is 0.0152. The number of benzene rings is 2. The lowest BCUT2D eigenvalue weighted by atomic mass is 9.70. The number of aryl methyl sites for hydroxylation is 2. The summed E-state index contributed by atoms with van der Waals surface area (Å²) in [6, 6.07) is 18.9. The number of nitrogens with one attached hydrogen (secondary N) is 2. The summed E-state index contributed by atoms with van der Waals surface area (Å²) in [6.45, 7) is 1.90. The third kappa shape index (κ3) is 5.03. The smallest absolute Gasteiger partial charge is 0.250 e. The van der Waals surface area contributed by atoms with E-state index < -0.39 is 5.23 Å². The number of rotatable bonds is 8. The molecule has 1 fully saturated rings. The lowest BCUT2D eigenvalue weighted by Gasteiger charge is -2.54. The molecule has 10 heteroatoms. The van der Waals surface area contributed by atoms with Gasteiger partial charge in [0.25, 0.3) is 5.56 Å². The standard InChI is InChI=1S/C33H38N6O4/c1-36-29-9-5-4-8-26(29)35-30(36)11-3-2-6-15-34-33(41)25-18-21-17-24(39(42)43)13-14-28(21)38-19-22-16-23(32(25)38)20-37-27(22)10-7-12-31(37)40/h4-5,7-10,12-14,17,22-23,25,32,39,42H,2-3,6,11,15-16,18-20H2,1H3,(H,34,41)/t22?,23?,25-,32+/m1/s1. The van der Waals surface area contributed by atoms with E-state index in [-0.39, 0.29) is 40.9 Å². The molecule has 3 aliphatic heterocycles. The number of pyridine rings is 1. The van der Waals surface area contributed by atoms with Gasteiger partial charge in [0.2, 0.25) is 5.91 Å². The number of fused-ring (bicyclic) bond motifs is 9. The molecule has 3 N–H and O–H groups in total. The van der Waals surface area contributed by atoms with Crippen LogP contribution < -0.4 is 21.0 Å². The number of aromatic nitrogens is 3. The molecule has 43 heavy (non-hydrogen) atoms. The molecule has 0 spiro atoms. The summed E-state index contributed by atoms with van der Waals surface area (Å²) in [6.07, 6.45) is 5.19. The van der Waals surface area contributed by atoms with Gasteiger partial charge in [0.05, 0.1) is 17.0 Å². The van der Waals surface area contributed by atoms with Gasteiger partial charge in [-0.3, -0.25) is 9.59 Å². The number of para-hydroxylation sites is 2. The maximum Gasteiger partial charge on any atom is 0.250 e. The Hall–Kier alpha value is -3.99. The molecule has 3 aliphatic rings. The molecule has 0 radical (unpaired) electrons. The quantitative estimate of drug-likeness (QED) is 0.217. The second-order valence-corrected chi connectivity index (χ2v) is 12.4. The van der Waals surface area contributed by atoms with E-state index in [0.29, 0.717) is 26.1 Å². The van der Waals surface area contributed by atoms with Crippen LogP contribution in [0.4, 0.5) is 11.4 Å². The first-order valence-corrected chi connectivity index (χ1v) is 15.4. The van der Waals surface area contributed by atoms with Crippen molar-refractivity contribution in [1.29, 1.82) is 0 Å². The van der Waals surface area contributed by atoms with Crippen LogP contribution in [0.25, 0.3) is 11.0 Å². The number of anilines is 1. The van der Waals surface area contributed by atoms with Crippen LogP contribution in [0.15, 0.2) is 65.5 Å². The molecule has 1 amide bonds. The van der Waals surface area contributed by atoms with E-state index in [9.17, 15) is 20.0 Å². The van der Waals surface area contributed by atoms with Crippen LogP contribution >= 0.6 is 0 Å². The number of carbonyl (C=O) groups excluding carboxylic acids is 1. The molecular formula is C33H38N6O4. The van der Waals surface area contributed by atoms with Gasteiger partial charge < -0.3 is 24.6 Å². The fraction of sp³-hybridized carbons (Fsp3) is 0.424. The second-order valence-electron chi connectivity index (χ2n) is 12.4.